The Morgan fingerprint density at radius 3 is 2.57 bits per heavy atom. The van der Waals surface area contributed by atoms with Crippen LogP contribution in [0.4, 0.5) is 14.6 Å². The zero-order valence-electron chi connectivity index (χ0n) is 19.0. The maximum atomic E-state index is 13.5. The van der Waals surface area contributed by atoms with Crippen molar-refractivity contribution in [2.75, 3.05) is 31.1 Å². The van der Waals surface area contributed by atoms with Crippen molar-refractivity contribution in [1.82, 2.24) is 15.3 Å². The quantitative estimate of drug-likeness (QED) is 0.371. The molecular formula is C26H26F2N4O2S. The molecule has 0 aliphatic carbocycles. The number of aromatic nitrogens is 2. The minimum Gasteiger partial charge on any atom is -0.491 e. The van der Waals surface area contributed by atoms with Gasteiger partial charge in [0.2, 0.25) is 0 Å². The highest BCUT2D eigenvalue weighted by atomic mass is 32.1. The van der Waals surface area contributed by atoms with Crippen LogP contribution in [0.2, 0.25) is 0 Å². The molecule has 1 aliphatic rings. The zero-order chi connectivity index (χ0) is 24.2. The van der Waals surface area contributed by atoms with E-state index in [1.165, 1.54) is 0 Å². The summed E-state index contributed by atoms with van der Waals surface area (Å²) in [4.78, 5) is 12.2. The molecule has 1 saturated heterocycles. The predicted octanol–water partition coefficient (Wildman–Crippen LogP) is 4.63. The lowest BCUT2D eigenvalue weighted by Gasteiger charge is -2.37. The van der Waals surface area contributed by atoms with Crippen molar-refractivity contribution in [2.24, 2.45) is 0 Å². The second-order valence-corrected chi connectivity index (χ2v) is 9.45. The molecule has 6 nitrogen and oxygen atoms in total. The van der Waals surface area contributed by atoms with Crippen LogP contribution in [0.15, 0.2) is 60.2 Å². The Kier molecular flexibility index (Phi) is 7.17. The number of aliphatic hydroxyl groups excluding tert-OH is 1. The summed E-state index contributed by atoms with van der Waals surface area (Å²) in [5.41, 5.74) is 2.14. The fourth-order valence-corrected chi connectivity index (χ4v) is 5.43. The Balaban J connectivity index is 1.45. The van der Waals surface area contributed by atoms with Gasteiger partial charge in [-0.2, -0.15) is 0 Å². The molecular weight excluding hydrogens is 470 g/mol. The number of anilines is 1. The summed E-state index contributed by atoms with van der Waals surface area (Å²) in [6, 6.07) is 13.3. The first kappa shape index (κ1) is 23.6. The van der Waals surface area contributed by atoms with E-state index < -0.39 is 17.7 Å². The van der Waals surface area contributed by atoms with Gasteiger partial charge >= 0.3 is 0 Å². The van der Waals surface area contributed by atoms with Gasteiger partial charge in [-0.15, -0.1) is 11.3 Å². The predicted molar refractivity (Wildman–Crippen MR) is 134 cm³/mol. The number of nitrogens with one attached hydrogen (secondary N) is 1. The van der Waals surface area contributed by atoms with Gasteiger partial charge < -0.3 is 20.1 Å². The van der Waals surface area contributed by atoms with Crippen molar-refractivity contribution < 1.29 is 18.6 Å². The maximum Gasteiger partial charge on any atom is 0.141 e. The van der Waals surface area contributed by atoms with Crippen molar-refractivity contribution >= 4 is 27.4 Å². The molecule has 2 aromatic carbocycles. The lowest BCUT2D eigenvalue weighted by atomic mass is 10.0. The minimum absolute atomic E-state index is 0.0450. The molecule has 0 saturated carbocycles. The number of rotatable bonds is 8. The van der Waals surface area contributed by atoms with Crippen molar-refractivity contribution in [3.8, 4) is 16.9 Å². The van der Waals surface area contributed by atoms with Crippen LogP contribution in [0.5, 0.6) is 5.75 Å². The third-order valence-corrected chi connectivity index (χ3v) is 7.03. The van der Waals surface area contributed by atoms with E-state index in [0.29, 0.717) is 0 Å². The van der Waals surface area contributed by atoms with Crippen LogP contribution < -0.4 is 15.0 Å². The molecule has 182 valence electrons. The van der Waals surface area contributed by atoms with Gasteiger partial charge in [-0.05, 0) is 31.5 Å². The Bertz CT molecular complexity index is 1260. The lowest BCUT2D eigenvalue weighted by molar-refractivity contribution is 0.109. The van der Waals surface area contributed by atoms with Crippen LogP contribution >= 0.6 is 11.3 Å². The summed E-state index contributed by atoms with van der Waals surface area (Å²) < 4.78 is 32.5. The number of hydrogen-bond acceptors (Lipinski definition) is 7. The van der Waals surface area contributed by atoms with Crippen LogP contribution in [0.25, 0.3) is 21.3 Å². The molecule has 0 bridgehead atoms. The fraction of sp³-hybridized carbons (Fsp3) is 0.308. The Morgan fingerprint density at radius 2 is 1.83 bits per heavy atom. The van der Waals surface area contributed by atoms with E-state index in [2.05, 4.69) is 37.7 Å². The van der Waals surface area contributed by atoms with E-state index in [-0.39, 0.29) is 24.9 Å². The third-order valence-electron chi connectivity index (χ3n) is 6.14. The van der Waals surface area contributed by atoms with Gasteiger partial charge in [0.25, 0.3) is 0 Å². The molecule has 1 atom stereocenters. The standard InChI is InChI=1S/C26H26F2N4O2S/c27-18-10-19(28)12-22(11-18)34-14-21(33)13-32(20-6-8-29-9-7-20)25-24-23(17-4-2-1-3-5-17)15-35-26(24)31-16-30-25/h1-5,10-12,15-16,20-21,29,33H,6-9,13-14H2. The van der Waals surface area contributed by atoms with E-state index in [0.717, 1.165) is 71.3 Å². The fourth-order valence-electron chi connectivity index (χ4n) is 4.52. The van der Waals surface area contributed by atoms with Crippen LogP contribution in [0, 0.1) is 11.6 Å². The molecule has 1 unspecified atom stereocenters. The van der Waals surface area contributed by atoms with Gasteiger partial charge in [-0.3, -0.25) is 0 Å². The topological polar surface area (TPSA) is 70.5 Å². The number of nitrogens with zero attached hydrogens (tertiary/aromatic N) is 3. The number of piperidine rings is 1. The van der Waals surface area contributed by atoms with E-state index in [4.69, 9.17) is 4.74 Å². The Labute approximate surface area is 206 Å². The van der Waals surface area contributed by atoms with Crippen molar-refractivity contribution in [3.05, 3.63) is 71.9 Å². The number of hydrogen-bond donors (Lipinski definition) is 2. The van der Waals surface area contributed by atoms with Gasteiger partial charge in [0.05, 0.1) is 5.39 Å². The second-order valence-electron chi connectivity index (χ2n) is 8.60. The molecule has 1 fully saturated rings. The first-order chi connectivity index (χ1) is 17.1. The summed E-state index contributed by atoms with van der Waals surface area (Å²) in [7, 11) is 0. The molecule has 9 heteroatoms. The number of fused-ring (bicyclic) bond motifs is 1. The number of ether oxygens (including phenoxy) is 1. The van der Waals surface area contributed by atoms with Gasteiger partial charge in [0.1, 0.15) is 47.1 Å². The average molecular weight is 497 g/mol. The molecule has 0 radical (unpaired) electrons. The smallest absolute Gasteiger partial charge is 0.141 e. The largest absolute Gasteiger partial charge is 0.491 e. The zero-order valence-corrected chi connectivity index (χ0v) is 19.8. The first-order valence-electron chi connectivity index (χ1n) is 11.6. The summed E-state index contributed by atoms with van der Waals surface area (Å²) >= 11 is 1.57. The van der Waals surface area contributed by atoms with Crippen LogP contribution in [0.3, 0.4) is 0 Å². The Morgan fingerprint density at radius 1 is 1.09 bits per heavy atom. The van der Waals surface area contributed by atoms with Gasteiger partial charge in [-0.1, -0.05) is 30.3 Å². The van der Waals surface area contributed by atoms with Crippen LogP contribution in [-0.2, 0) is 0 Å². The first-order valence-corrected chi connectivity index (χ1v) is 12.5. The SMILES string of the molecule is OC(COc1cc(F)cc(F)c1)CN(c1ncnc2scc(-c3ccccc3)c12)C1CCNCC1. The van der Waals surface area contributed by atoms with Gasteiger partial charge in [-0.25, -0.2) is 18.7 Å². The molecule has 3 heterocycles. The highest BCUT2D eigenvalue weighted by Crippen LogP contribution is 2.39. The molecule has 1 aliphatic heterocycles. The average Bonchev–Trinajstić information content (AvgIpc) is 3.31. The van der Waals surface area contributed by atoms with Gasteiger partial charge in [0.15, 0.2) is 0 Å². The molecule has 2 aromatic heterocycles. The van der Waals surface area contributed by atoms with Crippen LogP contribution in [0.1, 0.15) is 12.8 Å². The monoisotopic (exact) mass is 496 g/mol. The highest BCUT2D eigenvalue weighted by Gasteiger charge is 2.28. The highest BCUT2D eigenvalue weighted by molar-refractivity contribution is 7.17. The number of benzene rings is 2. The summed E-state index contributed by atoms with van der Waals surface area (Å²) in [5, 5.41) is 17.4. The van der Waals surface area contributed by atoms with E-state index in [1.54, 1.807) is 17.7 Å². The molecule has 35 heavy (non-hydrogen) atoms. The number of halogens is 2. The van der Waals surface area contributed by atoms with E-state index in [1.807, 2.05) is 18.2 Å². The second kappa shape index (κ2) is 10.6. The minimum atomic E-state index is -0.903. The molecule has 5 rings (SSSR count). The van der Waals surface area contributed by atoms with Gasteiger partial charge in [0, 0.05) is 41.7 Å². The van der Waals surface area contributed by atoms with E-state index in [9.17, 15) is 13.9 Å². The maximum absolute atomic E-state index is 13.5. The van der Waals surface area contributed by atoms with Crippen molar-refractivity contribution in [1.29, 1.82) is 0 Å². The molecule has 0 spiro atoms. The number of thiophene rings is 1. The van der Waals surface area contributed by atoms with Crippen molar-refractivity contribution in [3.63, 3.8) is 0 Å². The van der Waals surface area contributed by atoms with E-state index >= 15 is 0 Å². The summed E-state index contributed by atoms with van der Waals surface area (Å²) in [5.74, 6) is -0.623. The molecule has 2 N–H and O–H groups in total. The molecule has 0 amide bonds. The third kappa shape index (κ3) is 5.42. The summed E-state index contributed by atoms with van der Waals surface area (Å²) in [6.07, 6.45) is 2.47. The van der Waals surface area contributed by atoms with Crippen molar-refractivity contribution in [2.45, 2.75) is 25.0 Å². The number of aliphatic hydroxyl groups is 1. The van der Waals surface area contributed by atoms with Crippen LogP contribution in [-0.4, -0.2) is 53.5 Å². The lowest BCUT2D eigenvalue weighted by Crippen LogP contribution is -2.47. The summed E-state index contributed by atoms with van der Waals surface area (Å²) in [6.45, 7) is 1.91. The Hall–Kier alpha value is -3.14. The molecule has 4 aromatic rings. The normalized spacial score (nSPS) is 15.3.